The van der Waals surface area contributed by atoms with Crippen LogP contribution in [0, 0.1) is 0 Å². The first kappa shape index (κ1) is 125. The normalized spacial score (nSPS) is 17.4. The Hall–Kier alpha value is -5.56. The van der Waals surface area contributed by atoms with Crippen molar-refractivity contribution in [1.82, 2.24) is 0 Å². The van der Waals surface area contributed by atoms with Crippen molar-refractivity contribution < 1.29 is 374 Å². The molecule has 0 fully saturated rings. The molecule has 0 N–H and O–H groups in total. The van der Waals surface area contributed by atoms with Gasteiger partial charge in [-0.1, -0.05) is 0 Å². The second kappa shape index (κ2) is 32.0. The Balaban J connectivity index is 8.87. The predicted octanol–water partition coefficient (Wildman–Crippen LogP) is 27.9. The van der Waals surface area contributed by atoms with Crippen LogP contribution in [0.4, 0.5) is 356 Å². The molecule has 0 radical (unpaired) electrons. The van der Waals surface area contributed by atoms with Gasteiger partial charge in [-0.2, -0.15) is 356 Å². The molecule has 0 aliphatic carbocycles. The first-order chi connectivity index (χ1) is 55.1. The quantitative estimate of drug-likeness (QED) is 0.0450. The molecule has 0 aliphatic rings. The zero-order valence-corrected chi connectivity index (χ0v) is 57.3. The van der Waals surface area contributed by atoms with Gasteiger partial charge in [-0.25, -0.2) is 4.57 Å². The summed E-state index contributed by atoms with van der Waals surface area (Å²) < 4.78 is 1150. The Bertz CT molecular complexity index is 3610. The molecule has 0 saturated carbocycles. The average Bonchev–Trinajstić information content (AvgIpc) is 0.682. The van der Waals surface area contributed by atoms with Gasteiger partial charge in [0.15, 0.2) is 0 Å². The molecule has 0 bridgehead atoms. The maximum absolute atomic E-state index is 14.8. The highest BCUT2D eigenvalue weighted by Crippen LogP contribution is 2.75. The maximum atomic E-state index is 14.8. The minimum atomic E-state index is -10.7. The molecule has 0 aromatic carbocycles. The topological polar surface area (TPSA) is 44.8 Å². The minimum absolute atomic E-state index is 2.63. The molecule has 0 amide bonds. The van der Waals surface area contributed by atoms with Crippen molar-refractivity contribution in [2.75, 3.05) is 19.8 Å². The van der Waals surface area contributed by atoms with Crippen LogP contribution in [0.3, 0.4) is 0 Å². The molecule has 86 heteroatoms. The number of halogens is 81. The third-order valence-electron chi connectivity index (χ3n) is 16.3. The summed E-state index contributed by atoms with van der Waals surface area (Å²) in [5.74, 6) is -364. The van der Waals surface area contributed by atoms with Gasteiger partial charge in [0.1, 0.15) is 0 Å². The maximum Gasteiger partial charge on any atom is 0.474 e. The number of phosphoric acid groups is 1. The van der Waals surface area contributed by atoms with E-state index in [0.717, 1.165) is 0 Å². The Morgan fingerprint density at radius 3 is 0.260 bits per heavy atom. The van der Waals surface area contributed by atoms with Crippen LogP contribution in [0.25, 0.3) is 0 Å². The third kappa shape index (κ3) is 15.9. The summed E-state index contributed by atoms with van der Waals surface area (Å²) in [7, 11) is -8.91. The van der Waals surface area contributed by atoms with E-state index in [0.29, 0.717) is 0 Å². The Morgan fingerprint density at radius 1 is 0.115 bits per heavy atom. The van der Waals surface area contributed by atoms with E-state index in [-0.39, 0.29) is 0 Å². The van der Waals surface area contributed by atoms with Crippen LogP contribution in [-0.4, -0.2) is 252 Å². The van der Waals surface area contributed by atoms with Gasteiger partial charge in [-0.05, 0) is 0 Å². The summed E-state index contributed by atoms with van der Waals surface area (Å²) in [5, 5.41) is 0. The van der Waals surface area contributed by atoms with Gasteiger partial charge in [0, 0.05) is 19.3 Å². The number of hydrogen-bond acceptors (Lipinski definition) is 4. The number of rotatable bonds is 45. The van der Waals surface area contributed by atoms with Crippen molar-refractivity contribution in [3.05, 3.63) is 0 Å². The Kier molecular flexibility index (Phi) is 30.6. The lowest BCUT2D eigenvalue weighted by Gasteiger charge is -2.46. The molecule has 0 aliphatic heterocycles. The lowest BCUT2D eigenvalue weighted by molar-refractivity contribution is -0.485. The molecular formula is C45H12F81O4P. The third-order valence-corrected chi connectivity index (χ3v) is 17.8. The van der Waals surface area contributed by atoms with E-state index < -0.39 is 279 Å². The van der Waals surface area contributed by atoms with Crippen LogP contribution < -0.4 is 0 Å². The van der Waals surface area contributed by atoms with Gasteiger partial charge in [-0.15, -0.1) is 0 Å². The van der Waals surface area contributed by atoms with Gasteiger partial charge in [-0.3, -0.25) is 13.6 Å². The Labute approximate surface area is 653 Å². The Morgan fingerprint density at radius 2 is 0.183 bits per heavy atom. The first-order valence-corrected chi connectivity index (χ1v) is 29.9. The molecule has 131 heavy (non-hydrogen) atoms. The van der Waals surface area contributed by atoms with E-state index in [2.05, 4.69) is 13.6 Å². The van der Waals surface area contributed by atoms with Gasteiger partial charge < -0.3 is 0 Å². The monoisotopic (exact) mass is 2190 g/mol. The van der Waals surface area contributed by atoms with Crippen molar-refractivity contribution in [3.63, 3.8) is 0 Å². The van der Waals surface area contributed by atoms with Gasteiger partial charge in [0.05, 0.1) is 19.8 Å². The van der Waals surface area contributed by atoms with Crippen molar-refractivity contribution in [2.45, 2.75) is 251 Å². The largest absolute Gasteiger partial charge is 0.474 e. The van der Waals surface area contributed by atoms with E-state index in [1.165, 1.54) is 0 Å². The summed E-state index contributed by atoms with van der Waals surface area (Å²) in [6, 6.07) is 0. The van der Waals surface area contributed by atoms with Gasteiger partial charge >= 0.3 is 240 Å². The highest BCUT2D eigenvalue weighted by Gasteiger charge is 3.06. The fourth-order valence-electron chi connectivity index (χ4n) is 7.99. The molecule has 0 spiro atoms. The lowest BCUT2D eigenvalue weighted by Crippen LogP contribution is -2.78. The molecule has 0 aromatic heterocycles. The lowest BCUT2D eigenvalue weighted by atomic mass is 9.84. The van der Waals surface area contributed by atoms with Crippen LogP contribution >= 0.6 is 7.82 Å². The molecule has 0 heterocycles. The van der Waals surface area contributed by atoms with E-state index >= 15 is 0 Å². The minimum Gasteiger partial charge on any atom is -0.287 e. The van der Waals surface area contributed by atoms with Crippen LogP contribution in [0.5, 0.6) is 0 Å². The first-order valence-electron chi connectivity index (χ1n) is 28.5. The van der Waals surface area contributed by atoms with Gasteiger partial charge in [0.25, 0.3) is 0 Å². The van der Waals surface area contributed by atoms with Crippen molar-refractivity contribution in [3.8, 4) is 0 Å². The second-order valence-corrected chi connectivity index (χ2v) is 26.4. The zero-order chi connectivity index (χ0) is 108. The summed E-state index contributed by atoms with van der Waals surface area (Å²) in [6.45, 7) is -13.6. The average molecular weight is 2190 g/mol. The standard InChI is InChI=1S/C45H12F81O4P/c46-7(47,10(52,53)13(58,59)16(64,65)19(70,71)22(76,77)25(82,83)28(88,89)31(94,95)34(100,101)37(106,107)40(112,113)43(118,119)120)1-4-128-131(127,129-5-2-8(48,49)11(54,55)14(60,61)17(66,67)20(72,73)23(78,79)26(84,85)29(90,91)32(96,97)35(102,103)38(108,109)41(114,115)44(121,122)123)130-6-3-9(50,51)12(56,57)15(62,63)18(68,69)21(74,75)24(80,81)27(86,87)30(92,93)33(98,99)36(104,105)39(110,111)42(116,117)45(124,125)126/h1-6H2. The molecule has 0 rings (SSSR count). The highest BCUT2D eigenvalue weighted by atomic mass is 31.2. The van der Waals surface area contributed by atoms with Crippen molar-refractivity contribution in [2.24, 2.45) is 0 Å². The highest BCUT2D eigenvalue weighted by molar-refractivity contribution is 7.48. The van der Waals surface area contributed by atoms with Crippen LogP contribution in [-0.2, 0) is 18.1 Å². The van der Waals surface area contributed by atoms with E-state index in [4.69, 9.17) is 0 Å². The SMILES string of the molecule is O=P(OCCC(F)(F)C(F)(F)C(F)(F)C(F)(F)C(F)(F)C(F)(F)C(F)(F)C(F)(F)C(F)(F)C(F)(F)C(F)(F)C(F)(F)C(F)(F)F)(OCCC(F)(F)C(F)(F)C(F)(F)C(F)(F)C(F)(F)C(F)(F)C(F)(F)C(F)(F)C(F)(F)C(F)(F)C(F)(F)C(F)(F)C(F)(F)F)OCCC(F)(F)C(F)(F)C(F)(F)C(F)(F)C(F)(F)C(F)(F)C(F)(F)C(F)(F)C(F)(F)C(F)(F)C(F)(F)C(F)(F)C(F)(F)F. The summed E-state index contributed by atoms with van der Waals surface area (Å²) in [4.78, 5) is 0. The van der Waals surface area contributed by atoms with Crippen LogP contribution in [0.1, 0.15) is 19.3 Å². The van der Waals surface area contributed by atoms with Crippen molar-refractivity contribution in [1.29, 1.82) is 0 Å². The number of hydrogen-bond donors (Lipinski definition) is 0. The molecule has 0 atom stereocenters. The van der Waals surface area contributed by atoms with Crippen molar-refractivity contribution >= 4 is 7.82 Å². The molecule has 4 nitrogen and oxygen atoms in total. The van der Waals surface area contributed by atoms with E-state index in [9.17, 15) is 360 Å². The molecule has 0 aromatic rings. The summed E-state index contributed by atoms with van der Waals surface area (Å²) in [5.41, 5.74) is 0. The predicted molar refractivity (Wildman–Crippen MR) is 236 cm³/mol. The van der Waals surface area contributed by atoms with E-state index in [1.807, 2.05) is 0 Å². The van der Waals surface area contributed by atoms with Gasteiger partial charge in [0.2, 0.25) is 0 Å². The zero-order valence-electron chi connectivity index (χ0n) is 56.4. The summed E-state index contributed by atoms with van der Waals surface area (Å²) >= 11 is 0. The number of alkyl halides is 81. The second-order valence-electron chi connectivity index (χ2n) is 24.8. The summed E-state index contributed by atoms with van der Waals surface area (Å²) in [6.07, 6.45) is -41.4. The van der Waals surface area contributed by atoms with Crippen LogP contribution in [0.15, 0.2) is 0 Å². The molecular weight excluding hydrogens is 2170 g/mol. The fraction of sp³-hybridized carbons (Fsp3) is 1.00. The molecule has 0 unspecified atom stereocenters. The smallest absolute Gasteiger partial charge is 0.287 e. The van der Waals surface area contributed by atoms with Crippen LogP contribution in [0.2, 0.25) is 0 Å². The molecule has 0 saturated heterocycles. The number of phosphoric ester groups is 1. The molecule has 788 valence electrons. The van der Waals surface area contributed by atoms with E-state index in [1.54, 1.807) is 0 Å². The fourth-order valence-corrected chi connectivity index (χ4v) is 9.15.